The van der Waals surface area contributed by atoms with E-state index in [4.69, 9.17) is 4.74 Å². The molecule has 1 aliphatic heterocycles. The van der Waals surface area contributed by atoms with Gasteiger partial charge in [-0.25, -0.2) is 0 Å². The fourth-order valence-electron chi connectivity index (χ4n) is 4.14. The summed E-state index contributed by atoms with van der Waals surface area (Å²) in [5, 5.41) is 2.90. The second-order valence-electron chi connectivity index (χ2n) is 7.80. The number of rotatable bonds is 6. The Morgan fingerprint density at radius 3 is 2.59 bits per heavy atom. The average Bonchev–Trinajstić information content (AvgIpc) is 3.15. The molecule has 0 bridgehead atoms. The van der Waals surface area contributed by atoms with Gasteiger partial charge in [0.1, 0.15) is 11.9 Å². The van der Waals surface area contributed by atoms with Crippen LogP contribution in [0.25, 0.3) is 11.1 Å². The first kappa shape index (κ1) is 19.1. The molecule has 146 valence electrons. The third kappa shape index (κ3) is 4.00. The molecule has 0 N–H and O–H groups in total. The summed E-state index contributed by atoms with van der Waals surface area (Å²) in [7, 11) is 0. The molecule has 1 atom stereocenters. The zero-order valence-electron chi connectivity index (χ0n) is 16.9. The molecule has 0 fully saturated rings. The van der Waals surface area contributed by atoms with E-state index in [-0.39, 0.29) is 6.10 Å². The number of fused-ring (bicyclic) bond motifs is 1. The SMILES string of the molecule is C=C(CCc1ccc2c(c1)C[C@@H](c1cccc(-c3c(C)cccc3C)c1)O2)N=O. The van der Waals surface area contributed by atoms with E-state index in [2.05, 4.69) is 80.2 Å². The van der Waals surface area contributed by atoms with Crippen LogP contribution in [0, 0.1) is 18.8 Å². The zero-order chi connectivity index (χ0) is 20.4. The summed E-state index contributed by atoms with van der Waals surface area (Å²) in [5.41, 5.74) is 9.10. The molecule has 3 aromatic rings. The summed E-state index contributed by atoms with van der Waals surface area (Å²) < 4.78 is 6.26. The Morgan fingerprint density at radius 2 is 1.83 bits per heavy atom. The van der Waals surface area contributed by atoms with Crippen LogP contribution < -0.4 is 4.74 Å². The van der Waals surface area contributed by atoms with Crippen LogP contribution >= 0.6 is 0 Å². The maximum absolute atomic E-state index is 10.5. The van der Waals surface area contributed by atoms with Crippen LogP contribution in [0.3, 0.4) is 0 Å². The number of nitrogens with zero attached hydrogens (tertiary/aromatic N) is 1. The van der Waals surface area contributed by atoms with Crippen molar-refractivity contribution < 1.29 is 4.74 Å². The van der Waals surface area contributed by atoms with Crippen LogP contribution in [-0.2, 0) is 12.8 Å². The first-order valence-electron chi connectivity index (χ1n) is 10.0. The Labute approximate surface area is 172 Å². The van der Waals surface area contributed by atoms with Crippen LogP contribution in [-0.4, -0.2) is 0 Å². The quantitative estimate of drug-likeness (QED) is 0.436. The van der Waals surface area contributed by atoms with Gasteiger partial charge in [0.05, 0.1) is 5.70 Å². The van der Waals surface area contributed by atoms with E-state index < -0.39 is 0 Å². The molecule has 3 aromatic carbocycles. The number of ether oxygens (including phenoxy) is 1. The topological polar surface area (TPSA) is 38.7 Å². The second-order valence-corrected chi connectivity index (χ2v) is 7.80. The first-order chi connectivity index (χ1) is 14.0. The largest absolute Gasteiger partial charge is 0.485 e. The minimum Gasteiger partial charge on any atom is -0.485 e. The van der Waals surface area contributed by atoms with Crippen LogP contribution in [0.2, 0.25) is 0 Å². The molecule has 1 heterocycles. The highest BCUT2D eigenvalue weighted by Gasteiger charge is 2.25. The maximum Gasteiger partial charge on any atom is 0.128 e. The van der Waals surface area contributed by atoms with Crippen molar-refractivity contribution in [2.45, 2.75) is 39.2 Å². The van der Waals surface area contributed by atoms with E-state index in [1.165, 1.54) is 38.9 Å². The standard InChI is InChI=1S/C26H25NO2/c1-17-6-4-7-18(2)26(17)22-9-5-8-21(15-22)25-16-23-14-20(11-10-19(3)27-28)12-13-24(23)29-25/h4-9,12-15,25H,3,10-11,16H2,1-2H3/t25-/m0/s1. The van der Waals surface area contributed by atoms with Gasteiger partial charge in [-0.2, -0.15) is 0 Å². The van der Waals surface area contributed by atoms with Gasteiger partial charge in [0.2, 0.25) is 0 Å². The number of hydrogen-bond donors (Lipinski definition) is 0. The molecule has 0 amide bonds. The predicted molar refractivity (Wildman–Crippen MR) is 118 cm³/mol. The van der Waals surface area contributed by atoms with Crippen LogP contribution in [0.5, 0.6) is 5.75 Å². The van der Waals surface area contributed by atoms with Crippen molar-refractivity contribution in [3.63, 3.8) is 0 Å². The lowest BCUT2D eigenvalue weighted by molar-refractivity contribution is 0.239. The predicted octanol–water partition coefficient (Wildman–Crippen LogP) is 6.86. The summed E-state index contributed by atoms with van der Waals surface area (Å²) in [6.45, 7) is 7.97. The maximum atomic E-state index is 10.5. The van der Waals surface area contributed by atoms with E-state index in [9.17, 15) is 4.91 Å². The first-order valence-corrected chi connectivity index (χ1v) is 10.0. The van der Waals surface area contributed by atoms with Gasteiger partial charge in [-0.15, -0.1) is 4.91 Å². The molecule has 0 unspecified atom stereocenters. The van der Waals surface area contributed by atoms with Crippen molar-refractivity contribution in [2.75, 3.05) is 0 Å². The lowest BCUT2D eigenvalue weighted by Crippen LogP contribution is -2.03. The van der Waals surface area contributed by atoms with Crippen molar-refractivity contribution >= 4 is 0 Å². The van der Waals surface area contributed by atoms with Gasteiger partial charge in [-0.3, -0.25) is 0 Å². The highest BCUT2D eigenvalue weighted by atomic mass is 16.5. The monoisotopic (exact) mass is 383 g/mol. The van der Waals surface area contributed by atoms with Gasteiger partial charge in [0.25, 0.3) is 0 Å². The molecule has 0 saturated carbocycles. The molecule has 3 nitrogen and oxygen atoms in total. The van der Waals surface area contributed by atoms with E-state index in [0.717, 1.165) is 18.6 Å². The van der Waals surface area contributed by atoms with Gasteiger partial charge < -0.3 is 4.74 Å². The Hall–Kier alpha value is -3.20. The summed E-state index contributed by atoms with van der Waals surface area (Å²) >= 11 is 0. The summed E-state index contributed by atoms with van der Waals surface area (Å²) in [6, 6.07) is 21.4. The smallest absolute Gasteiger partial charge is 0.128 e. The van der Waals surface area contributed by atoms with Gasteiger partial charge in [-0.1, -0.05) is 55.1 Å². The van der Waals surface area contributed by atoms with Gasteiger partial charge in [0.15, 0.2) is 0 Å². The van der Waals surface area contributed by atoms with Crippen LogP contribution in [0.1, 0.15) is 40.3 Å². The van der Waals surface area contributed by atoms with Gasteiger partial charge in [-0.05, 0) is 82.9 Å². The zero-order valence-corrected chi connectivity index (χ0v) is 16.9. The molecule has 3 heteroatoms. The number of allylic oxidation sites excluding steroid dienone is 1. The van der Waals surface area contributed by atoms with E-state index in [1.807, 2.05) is 6.07 Å². The van der Waals surface area contributed by atoms with Crippen molar-refractivity contribution in [3.8, 4) is 16.9 Å². The van der Waals surface area contributed by atoms with Crippen molar-refractivity contribution in [1.82, 2.24) is 0 Å². The molecule has 0 spiro atoms. The van der Waals surface area contributed by atoms with E-state index >= 15 is 0 Å². The average molecular weight is 383 g/mol. The highest BCUT2D eigenvalue weighted by Crippen LogP contribution is 2.39. The van der Waals surface area contributed by atoms with Crippen molar-refractivity contribution in [3.05, 3.63) is 106 Å². The summed E-state index contributed by atoms with van der Waals surface area (Å²) in [5.74, 6) is 0.948. The Balaban J connectivity index is 1.56. The lowest BCUT2D eigenvalue weighted by Gasteiger charge is -2.15. The van der Waals surface area contributed by atoms with Crippen LogP contribution in [0.15, 0.2) is 78.1 Å². The molecule has 0 saturated heterocycles. The molecular formula is C26H25NO2. The molecule has 0 aromatic heterocycles. The van der Waals surface area contributed by atoms with Gasteiger partial charge in [0, 0.05) is 6.42 Å². The normalized spacial score (nSPS) is 14.9. The number of aryl methyl sites for hydroxylation is 3. The highest BCUT2D eigenvalue weighted by molar-refractivity contribution is 5.71. The van der Waals surface area contributed by atoms with Crippen LogP contribution in [0.4, 0.5) is 0 Å². The summed E-state index contributed by atoms with van der Waals surface area (Å²) in [6.07, 6.45) is 2.23. The Kier molecular flexibility index (Phi) is 5.30. The number of nitroso groups, excluding NO2 is 1. The number of hydrogen-bond acceptors (Lipinski definition) is 3. The fourth-order valence-corrected chi connectivity index (χ4v) is 4.14. The van der Waals surface area contributed by atoms with E-state index in [1.54, 1.807) is 0 Å². The third-order valence-electron chi connectivity index (χ3n) is 5.66. The minimum atomic E-state index is 0.0242. The Morgan fingerprint density at radius 1 is 1.07 bits per heavy atom. The third-order valence-corrected chi connectivity index (χ3v) is 5.66. The molecule has 0 aliphatic carbocycles. The molecule has 1 aliphatic rings. The van der Waals surface area contributed by atoms with E-state index in [0.29, 0.717) is 12.1 Å². The van der Waals surface area contributed by atoms with Gasteiger partial charge >= 0.3 is 0 Å². The lowest BCUT2D eigenvalue weighted by atomic mass is 9.93. The number of benzene rings is 3. The molecular weight excluding hydrogens is 358 g/mol. The Bertz CT molecular complexity index is 1060. The van der Waals surface area contributed by atoms with Crippen molar-refractivity contribution in [1.29, 1.82) is 0 Å². The minimum absolute atomic E-state index is 0.0242. The molecule has 4 rings (SSSR count). The fraction of sp³-hybridized carbons (Fsp3) is 0.231. The molecule has 0 radical (unpaired) electrons. The molecule has 29 heavy (non-hydrogen) atoms. The second kappa shape index (κ2) is 8.04. The van der Waals surface area contributed by atoms with Crippen molar-refractivity contribution in [2.24, 2.45) is 5.18 Å². The summed E-state index contributed by atoms with van der Waals surface area (Å²) in [4.78, 5) is 10.5.